The zero-order valence-electron chi connectivity index (χ0n) is 13.0. The fourth-order valence-corrected chi connectivity index (χ4v) is 3.91. The normalized spacial score (nSPS) is 24.6. The van der Waals surface area contributed by atoms with Crippen LogP contribution in [0.2, 0.25) is 0 Å². The van der Waals surface area contributed by atoms with E-state index < -0.39 is 0 Å². The van der Waals surface area contributed by atoms with Gasteiger partial charge in [-0.2, -0.15) is 0 Å². The summed E-state index contributed by atoms with van der Waals surface area (Å²) in [4.78, 5) is 12.5. The molecule has 1 saturated carbocycles. The Bertz CT molecular complexity index is 295. The summed E-state index contributed by atoms with van der Waals surface area (Å²) in [5.74, 6) is 0.942. The summed E-state index contributed by atoms with van der Waals surface area (Å²) in [6.45, 7) is 6.46. The van der Waals surface area contributed by atoms with E-state index in [4.69, 9.17) is 0 Å². The molecule has 2 fully saturated rings. The number of amides is 1. The third-order valence-corrected chi connectivity index (χ3v) is 4.78. The molecule has 2 rings (SSSR count). The molecule has 1 atom stereocenters. The van der Waals surface area contributed by atoms with Gasteiger partial charge in [0.2, 0.25) is 5.91 Å². The smallest absolute Gasteiger partial charge is 0.226 e. The summed E-state index contributed by atoms with van der Waals surface area (Å²) in [6.07, 6.45) is 9.35. The maximum atomic E-state index is 12.5. The molecule has 20 heavy (non-hydrogen) atoms. The zero-order valence-corrected chi connectivity index (χ0v) is 13.9. The summed E-state index contributed by atoms with van der Waals surface area (Å²) in [7, 11) is 0. The van der Waals surface area contributed by atoms with Crippen LogP contribution in [0, 0.1) is 11.3 Å². The lowest BCUT2D eigenvalue weighted by molar-refractivity contribution is -0.131. The monoisotopic (exact) mass is 302 g/mol. The fraction of sp³-hybridized carbons (Fsp3) is 0.938. The van der Waals surface area contributed by atoms with Gasteiger partial charge in [0.05, 0.1) is 0 Å². The van der Waals surface area contributed by atoms with Crippen LogP contribution >= 0.6 is 12.4 Å². The van der Waals surface area contributed by atoms with Gasteiger partial charge in [0.25, 0.3) is 0 Å². The predicted molar refractivity (Wildman–Crippen MR) is 86.3 cm³/mol. The molecule has 0 aromatic carbocycles. The van der Waals surface area contributed by atoms with Gasteiger partial charge in [0.1, 0.15) is 0 Å². The van der Waals surface area contributed by atoms with Gasteiger partial charge in [-0.15, -0.1) is 12.4 Å². The largest absolute Gasteiger partial charge is 0.356 e. The van der Waals surface area contributed by atoms with Crippen molar-refractivity contribution in [3.8, 4) is 0 Å². The van der Waals surface area contributed by atoms with Crippen LogP contribution in [0.5, 0.6) is 0 Å². The van der Waals surface area contributed by atoms with Gasteiger partial charge in [-0.25, -0.2) is 0 Å². The molecule has 1 amide bonds. The first-order valence-electron chi connectivity index (χ1n) is 8.14. The number of hydrogen-bond donors (Lipinski definition) is 2. The minimum absolute atomic E-state index is 0. The summed E-state index contributed by atoms with van der Waals surface area (Å²) in [5, 5.41) is 6.71. The van der Waals surface area contributed by atoms with E-state index in [2.05, 4.69) is 24.5 Å². The van der Waals surface area contributed by atoms with Crippen molar-refractivity contribution in [3.63, 3.8) is 0 Å². The maximum Gasteiger partial charge on any atom is 0.226 e. The van der Waals surface area contributed by atoms with Crippen LogP contribution in [0.25, 0.3) is 0 Å². The Kier molecular flexibility index (Phi) is 7.32. The highest BCUT2D eigenvalue weighted by atomic mass is 35.5. The third-order valence-electron chi connectivity index (χ3n) is 4.78. The molecule has 0 radical (unpaired) electrons. The lowest BCUT2D eigenvalue weighted by atomic mass is 9.77. The molecular formula is C16H31ClN2O. The second kappa shape index (κ2) is 8.23. The van der Waals surface area contributed by atoms with Crippen molar-refractivity contribution in [2.24, 2.45) is 11.3 Å². The van der Waals surface area contributed by atoms with Crippen molar-refractivity contribution in [3.05, 3.63) is 0 Å². The molecule has 0 aromatic rings. The van der Waals surface area contributed by atoms with Crippen LogP contribution in [0.15, 0.2) is 0 Å². The van der Waals surface area contributed by atoms with Gasteiger partial charge < -0.3 is 10.6 Å². The average Bonchev–Trinajstić information content (AvgIpc) is 3.00. The van der Waals surface area contributed by atoms with E-state index in [1.807, 2.05) is 0 Å². The van der Waals surface area contributed by atoms with Crippen LogP contribution in [-0.2, 0) is 4.79 Å². The van der Waals surface area contributed by atoms with Crippen molar-refractivity contribution in [1.82, 2.24) is 10.6 Å². The van der Waals surface area contributed by atoms with E-state index in [0.29, 0.717) is 17.9 Å². The number of nitrogens with one attached hydrogen (secondary N) is 2. The number of carbonyl (C=O) groups excluding carboxylic acids is 1. The molecule has 1 aliphatic heterocycles. The molecule has 1 heterocycles. The summed E-state index contributed by atoms with van der Waals surface area (Å²) in [5.41, 5.74) is -0.0444. The Morgan fingerprint density at radius 1 is 1.30 bits per heavy atom. The van der Waals surface area contributed by atoms with Gasteiger partial charge in [0, 0.05) is 18.0 Å². The Balaban J connectivity index is 0.00000200. The minimum Gasteiger partial charge on any atom is -0.356 e. The maximum absolute atomic E-state index is 12.5. The molecule has 118 valence electrons. The van der Waals surface area contributed by atoms with Crippen molar-refractivity contribution < 1.29 is 4.79 Å². The lowest BCUT2D eigenvalue weighted by Gasteiger charge is -2.29. The standard InChI is InChI=1S/C16H30N2O.ClH/c1-13(2)12-16(8-3-4-9-16)15(19)18-11-7-14-6-5-10-17-14;/h13-14,17H,3-12H2,1-2H3,(H,18,19);1H/t14-;/m1./s1. The SMILES string of the molecule is CC(C)CC1(C(=O)NCC[C@H]2CCCN2)CCCC1.Cl. The Hall–Kier alpha value is -0.280. The summed E-state index contributed by atoms with van der Waals surface area (Å²) in [6, 6.07) is 0.630. The number of carbonyl (C=O) groups is 1. The zero-order chi connectivity index (χ0) is 13.7. The minimum atomic E-state index is -0.0444. The Labute approximate surface area is 130 Å². The van der Waals surface area contributed by atoms with Gasteiger partial charge in [-0.1, -0.05) is 26.7 Å². The number of rotatable bonds is 6. The second-order valence-electron chi connectivity index (χ2n) is 6.92. The van der Waals surface area contributed by atoms with Gasteiger partial charge in [-0.05, 0) is 51.0 Å². The molecule has 2 aliphatic rings. The van der Waals surface area contributed by atoms with Gasteiger partial charge in [-0.3, -0.25) is 4.79 Å². The van der Waals surface area contributed by atoms with E-state index >= 15 is 0 Å². The number of halogens is 1. The van der Waals surface area contributed by atoms with Crippen molar-refractivity contribution in [2.45, 2.75) is 71.3 Å². The van der Waals surface area contributed by atoms with E-state index in [1.54, 1.807) is 0 Å². The van der Waals surface area contributed by atoms with E-state index in [1.165, 1.54) is 25.7 Å². The van der Waals surface area contributed by atoms with E-state index in [0.717, 1.165) is 38.8 Å². The van der Waals surface area contributed by atoms with Gasteiger partial charge in [0.15, 0.2) is 0 Å². The van der Waals surface area contributed by atoms with E-state index in [-0.39, 0.29) is 17.8 Å². The van der Waals surface area contributed by atoms with Crippen molar-refractivity contribution in [2.75, 3.05) is 13.1 Å². The number of hydrogen-bond acceptors (Lipinski definition) is 2. The van der Waals surface area contributed by atoms with Crippen molar-refractivity contribution in [1.29, 1.82) is 0 Å². The molecular weight excluding hydrogens is 272 g/mol. The second-order valence-corrected chi connectivity index (χ2v) is 6.92. The topological polar surface area (TPSA) is 41.1 Å². The van der Waals surface area contributed by atoms with Crippen molar-refractivity contribution >= 4 is 18.3 Å². The first-order valence-corrected chi connectivity index (χ1v) is 8.14. The van der Waals surface area contributed by atoms with E-state index in [9.17, 15) is 4.79 Å². The quantitative estimate of drug-likeness (QED) is 0.790. The lowest BCUT2D eigenvalue weighted by Crippen LogP contribution is -2.41. The molecule has 0 unspecified atom stereocenters. The van der Waals surface area contributed by atoms with Crippen LogP contribution in [0.1, 0.15) is 65.2 Å². The molecule has 2 N–H and O–H groups in total. The molecule has 3 nitrogen and oxygen atoms in total. The van der Waals surface area contributed by atoms with Crippen LogP contribution < -0.4 is 10.6 Å². The first-order chi connectivity index (χ1) is 9.12. The van der Waals surface area contributed by atoms with Crippen LogP contribution in [0.4, 0.5) is 0 Å². The Morgan fingerprint density at radius 3 is 2.55 bits per heavy atom. The summed E-state index contributed by atoms with van der Waals surface area (Å²) < 4.78 is 0. The molecule has 0 aromatic heterocycles. The molecule has 1 saturated heterocycles. The molecule has 4 heteroatoms. The highest BCUT2D eigenvalue weighted by Crippen LogP contribution is 2.43. The highest BCUT2D eigenvalue weighted by Gasteiger charge is 2.41. The Morgan fingerprint density at radius 2 is 2.00 bits per heavy atom. The fourth-order valence-electron chi connectivity index (χ4n) is 3.91. The molecule has 1 aliphatic carbocycles. The van der Waals surface area contributed by atoms with Gasteiger partial charge >= 0.3 is 0 Å². The molecule has 0 bridgehead atoms. The average molecular weight is 303 g/mol. The third kappa shape index (κ3) is 4.63. The van der Waals surface area contributed by atoms with Crippen LogP contribution in [-0.4, -0.2) is 25.0 Å². The highest BCUT2D eigenvalue weighted by molar-refractivity contribution is 5.85. The van der Waals surface area contributed by atoms with Crippen LogP contribution in [0.3, 0.4) is 0 Å². The summed E-state index contributed by atoms with van der Waals surface area (Å²) >= 11 is 0. The predicted octanol–water partition coefficient (Wildman–Crippen LogP) is 3.27. The molecule has 0 spiro atoms. The first kappa shape index (κ1) is 17.8.